The number of unbranched alkanes of at least 4 members (excludes halogenated alkanes) is 10. The number of rotatable bonds is 19. The molecule has 164 valence electrons. The molecule has 0 bridgehead atoms. The summed E-state index contributed by atoms with van der Waals surface area (Å²) in [5, 5.41) is 0.903. The fourth-order valence-electron chi connectivity index (χ4n) is 4.10. The van der Waals surface area contributed by atoms with Gasteiger partial charge in [-0.15, -0.1) is 0 Å². The van der Waals surface area contributed by atoms with E-state index in [1.807, 2.05) is 0 Å². The quantitative estimate of drug-likeness (QED) is 0.195. The van der Waals surface area contributed by atoms with Crippen LogP contribution in [0.25, 0.3) is 0 Å². The summed E-state index contributed by atoms with van der Waals surface area (Å²) in [5.41, 5.74) is 0.468. The summed E-state index contributed by atoms with van der Waals surface area (Å²) >= 11 is 2.28. The van der Waals surface area contributed by atoms with Crippen LogP contribution in [0.2, 0.25) is 0 Å². The maximum absolute atomic E-state index is 2.49. The van der Waals surface area contributed by atoms with Gasteiger partial charge in [0.1, 0.15) is 0 Å². The Balaban J connectivity index is 4.28. The van der Waals surface area contributed by atoms with Gasteiger partial charge in [-0.3, -0.25) is 0 Å². The minimum absolute atomic E-state index is 0.468. The van der Waals surface area contributed by atoms with Gasteiger partial charge in [-0.25, -0.2) is 0 Å². The Morgan fingerprint density at radius 1 is 0.593 bits per heavy atom. The lowest BCUT2D eigenvalue weighted by Gasteiger charge is -2.34. The molecule has 0 aromatic carbocycles. The molecular formula is C26H54S. The number of hydrogen-bond donors (Lipinski definition) is 0. The smallest absolute Gasteiger partial charge is 0.00498 e. The normalized spacial score (nSPS) is 14.4. The van der Waals surface area contributed by atoms with Gasteiger partial charge in [0.2, 0.25) is 0 Å². The van der Waals surface area contributed by atoms with Crippen molar-refractivity contribution in [1.82, 2.24) is 0 Å². The summed E-state index contributed by atoms with van der Waals surface area (Å²) in [6, 6.07) is 0. The van der Waals surface area contributed by atoms with Crippen LogP contribution in [-0.2, 0) is 0 Å². The monoisotopic (exact) mass is 398 g/mol. The van der Waals surface area contributed by atoms with Gasteiger partial charge in [-0.1, -0.05) is 119 Å². The minimum Gasteiger partial charge on any atom is -0.159 e. The Labute approximate surface area is 178 Å². The van der Waals surface area contributed by atoms with Crippen molar-refractivity contribution in [1.29, 1.82) is 0 Å². The van der Waals surface area contributed by atoms with Crippen molar-refractivity contribution in [3.8, 4) is 0 Å². The van der Waals surface area contributed by atoms with Gasteiger partial charge >= 0.3 is 0 Å². The predicted octanol–water partition coefficient (Wildman–Crippen LogP) is 10.1. The number of thioether (sulfide) groups is 1. The van der Waals surface area contributed by atoms with Crippen molar-refractivity contribution < 1.29 is 0 Å². The lowest BCUT2D eigenvalue weighted by Crippen LogP contribution is -2.24. The molecule has 0 aromatic heterocycles. The summed E-state index contributed by atoms with van der Waals surface area (Å²) in [5.74, 6) is 2.26. The van der Waals surface area contributed by atoms with E-state index in [0.29, 0.717) is 5.41 Å². The van der Waals surface area contributed by atoms with Crippen molar-refractivity contribution in [2.75, 3.05) is 5.75 Å². The van der Waals surface area contributed by atoms with Crippen LogP contribution in [0.3, 0.4) is 0 Å². The first-order chi connectivity index (χ1) is 13.0. The Morgan fingerprint density at radius 2 is 1.07 bits per heavy atom. The summed E-state index contributed by atoms with van der Waals surface area (Å²) < 4.78 is 0. The molecule has 0 fully saturated rings. The van der Waals surface area contributed by atoms with Gasteiger partial charge in [0.05, 0.1) is 0 Å². The lowest BCUT2D eigenvalue weighted by molar-refractivity contribution is 0.203. The van der Waals surface area contributed by atoms with Gasteiger partial charge in [-0.05, 0) is 42.8 Å². The summed E-state index contributed by atoms with van der Waals surface area (Å²) in [4.78, 5) is 0. The summed E-state index contributed by atoms with van der Waals surface area (Å²) in [7, 11) is 0. The molecule has 2 unspecified atom stereocenters. The van der Waals surface area contributed by atoms with E-state index in [0.717, 1.165) is 11.2 Å². The molecule has 0 radical (unpaired) electrons. The molecule has 0 aliphatic rings. The molecule has 0 aliphatic carbocycles. The second kappa shape index (κ2) is 18.4. The van der Waals surface area contributed by atoms with Gasteiger partial charge in [-0.2, -0.15) is 11.8 Å². The molecule has 0 aliphatic heterocycles. The van der Waals surface area contributed by atoms with Crippen LogP contribution in [0, 0.1) is 11.3 Å². The van der Waals surface area contributed by atoms with E-state index in [-0.39, 0.29) is 0 Å². The summed E-state index contributed by atoms with van der Waals surface area (Å²) in [6.07, 6.45) is 22.9. The third-order valence-corrected chi connectivity index (χ3v) is 7.66. The van der Waals surface area contributed by atoms with E-state index >= 15 is 0 Å². The molecule has 27 heavy (non-hydrogen) atoms. The molecule has 0 rings (SSSR count). The average molecular weight is 399 g/mol. The Hall–Kier alpha value is 0.350. The van der Waals surface area contributed by atoms with Gasteiger partial charge in [0, 0.05) is 5.25 Å². The van der Waals surface area contributed by atoms with Crippen LogP contribution in [0.1, 0.15) is 144 Å². The maximum Gasteiger partial charge on any atom is 0.00498 e. The first-order valence-electron chi connectivity index (χ1n) is 12.6. The average Bonchev–Trinajstić information content (AvgIpc) is 2.62. The Bertz CT molecular complexity index is 291. The second-order valence-electron chi connectivity index (χ2n) is 9.90. The predicted molar refractivity (Wildman–Crippen MR) is 130 cm³/mol. The first-order valence-corrected chi connectivity index (χ1v) is 13.6. The molecule has 0 N–H and O–H groups in total. The fraction of sp³-hybridized carbons (Fsp3) is 1.00. The zero-order valence-corrected chi connectivity index (χ0v) is 20.9. The van der Waals surface area contributed by atoms with Gasteiger partial charge < -0.3 is 0 Å². The van der Waals surface area contributed by atoms with Crippen LogP contribution >= 0.6 is 11.8 Å². The molecule has 0 saturated carbocycles. The first kappa shape index (κ1) is 27.4. The van der Waals surface area contributed by atoms with Crippen LogP contribution in [0.5, 0.6) is 0 Å². The third kappa shape index (κ3) is 17.0. The van der Waals surface area contributed by atoms with Crippen LogP contribution in [-0.4, -0.2) is 11.0 Å². The topological polar surface area (TPSA) is 0 Å². The fourth-order valence-corrected chi connectivity index (χ4v) is 5.37. The lowest BCUT2D eigenvalue weighted by atomic mass is 9.75. The molecule has 0 aromatic rings. The van der Waals surface area contributed by atoms with Gasteiger partial charge in [0.25, 0.3) is 0 Å². The van der Waals surface area contributed by atoms with E-state index in [9.17, 15) is 0 Å². The van der Waals surface area contributed by atoms with E-state index in [4.69, 9.17) is 0 Å². The highest BCUT2D eigenvalue weighted by Gasteiger charge is 2.27. The largest absolute Gasteiger partial charge is 0.159 e. The van der Waals surface area contributed by atoms with Crippen molar-refractivity contribution in [3.63, 3.8) is 0 Å². The van der Waals surface area contributed by atoms with Crippen LogP contribution in [0.15, 0.2) is 0 Å². The van der Waals surface area contributed by atoms with E-state index < -0.39 is 0 Å². The minimum atomic E-state index is 0.468. The molecule has 0 amide bonds. The standard InChI is InChI=1S/C26H54S/c1-7-10-12-14-15-16-17-18-20-24(26(4,5)6)23-25(27-22-9-3)21-19-13-11-8-2/h24-25H,7-23H2,1-6H3. The van der Waals surface area contributed by atoms with Crippen molar-refractivity contribution in [3.05, 3.63) is 0 Å². The Morgan fingerprint density at radius 3 is 1.59 bits per heavy atom. The van der Waals surface area contributed by atoms with E-state index in [2.05, 4.69) is 53.3 Å². The van der Waals surface area contributed by atoms with E-state index in [1.54, 1.807) is 0 Å². The third-order valence-electron chi connectivity index (χ3n) is 6.12. The SMILES string of the molecule is CCCCCCCCCCC(CC(CCCCCC)SCCC)C(C)(C)C. The zero-order valence-electron chi connectivity index (χ0n) is 20.1. The Kier molecular flexibility index (Phi) is 18.6. The van der Waals surface area contributed by atoms with Gasteiger partial charge in [0.15, 0.2) is 0 Å². The molecule has 2 atom stereocenters. The van der Waals surface area contributed by atoms with Crippen molar-refractivity contribution in [2.45, 2.75) is 150 Å². The molecule has 0 spiro atoms. The highest BCUT2D eigenvalue weighted by molar-refractivity contribution is 7.99. The van der Waals surface area contributed by atoms with Crippen molar-refractivity contribution in [2.24, 2.45) is 11.3 Å². The zero-order chi connectivity index (χ0) is 20.4. The maximum atomic E-state index is 2.49. The van der Waals surface area contributed by atoms with E-state index in [1.165, 1.54) is 108 Å². The van der Waals surface area contributed by atoms with Crippen LogP contribution in [0.4, 0.5) is 0 Å². The second-order valence-corrected chi connectivity index (χ2v) is 11.3. The molecule has 1 heteroatoms. The molecular weight excluding hydrogens is 344 g/mol. The highest BCUT2D eigenvalue weighted by Crippen LogP contribution is 2.38. The van der Waals surface area contributed by atoms with Crippen LogP contribution < -0.4 is 0 Å². The molecule has 0 nitrogen and oxygen atoms in total. The van der Waals surface area contributed by atoms with Crippen molar-refractivity contribution >= 4 is 11.8 Å². The molecule has 0 heterocycles. The summed E-state index contributed by atoms with van der Waals surface area (Å²) in [6.45, 7) is 14.4. The number of hydrogen-bond acceptors (Lipinski definition) is 1. The highest BCUT2D eigenvalue weighted by atomic mass is 32.2. The molecule has 0 saturated heterocycles.